The molecule has 0 unspecified atom stereocenters. The first-order valence-electron chi connectivity index (χ1n) is 10.7. The molecule has 6 nitrogen and oxygen atoms in total. The molecule has 0 bridgehead atoms. The van der Waals surface area contributed by atoms with Crippen LogP contribution in [0.25, 0.3) is 0 Å². The summed E-state index contributed by atoms with van der Waals surface area (Å²) in [6.07, 6.45) is 0.783. The first kappa shape index (κ1) is 32.8. The van der Waals surface area contributed by atoms with Crippen LogP contribution in [0.1, 0.15) is 23.3 Å². The summed E-state index contributed by atoms with van der Waals surface area (Å²) in [6.45, 7) is -0.0274. The quantitative estimate of drug-likeness (QED) is 0.155. The van der Waals surface area contributed by atoms with Crippen LogP contribution < -0.4 is 18.9 Å². The lowest BCUT2D eigenvalue weighted by molar-refractivity contribution is 0.112. The molecule has 9 heteroatoms. The van der Waals surface area contributed by atoms with Gasteiger partial charge < -0.3 is 24.1 Å². The Balaban J connectivity index is 0.000000361. The molecule has 0 aliphatic carbocycles. The number of carbonyl (C=O) groups excluding carboxylic acids is 1. The monoisotopic (exact) mass is 641 g/mol. The third-order valence-electron chi connectivity index (χ3n) is 4.87. The Morgan fingerprint density at radius 2 is 1.05 bits per heavy atom. The van der Waals surface area contributed by atoms with Gasteiger partial charge in [0, 0.05) is 22.9 Å². The van der Waals surface area contributed by atoms with Crippen molar-refractivity contribution >= 4 is 46.6 Å². The fourth-order valence-corrected chi connectivity index (χ4v) is 3.68. The molecule has 0 aliphatic heterocycles. The second kappa shape index (κ2) is 16.6. The van der Waals surface area contributed by atoms with Gasteiger partial charge in [-0.25, -0.2) is 0 Å². The van der Waals surface area contributed by atoms with Crippen molar-refractivity contribution in [2.24, 2.45) is 0 Å². The highest BCUT2D eigenvalue weighted by molar-refractivity contribution is 9.10. The second-order valence-electron chi connectivity index (χ2n) is 7.27. The van der Waals surface area contributed by atoms with E-state index in [1.165, 1.54) is 0 Å². The lowest BCUT2D eigenvalue weighted by Crippen LogP contribution is -1.89. The molecular weight excluding hydrogens is 615 g/mol. The molecule has 0 atom stereocenters. The van der Waals surface area contributed by atoms with Gasteiger partial charge in [-0.3, -0.25) is 4.79 Å². The predicted molar refractivity (Wildman–Crippen MR) is 158 cm³/mol. The number of rotatable bonds is 8. The minimum atomic E-state index is -0.0274. The van der Waals surface area contributed by atoms with E-state index in [1.807, 2.05) is 60.7 Å². The molecule has 0 aliphatic rings. The average Bonchev–Trinajstić information content (AvgIpc) is 2.92. The first-order valence-corrected chi connectivity index (χ1v) is 12.3. The maximum absolute atomic E-state index is 10.8. The van der Waals surface area contributed by atoms with Gasteiger partial charge in [-0.2, -0.15) is 0 Å². The summed E-state index contributed by atoms with van der Waals surface area (Å²) in [5.74, 6) is 4.27. The van der Waals surface area contributed by atoms with Gasteiger partial charge in [0.05, 0.1) is 20.8 Å². The van der Waals surface area contributed by atoms with E-state index in [9.17, 15) is 9.90 Å². The molecular formula is C29H28BBr2O6. The van der Waals surface area contributed by atoms with Crippen molar-refractivity contribution in [3.8, 4) is 34.5 Å². The molecule has 4 aromatic carbocycles. The van der Waals surface area contributed by atoms with Gasteiger partial charge in [-0.1, -0.05) is 39.3 Å². The molecule has 0 saturated heterocycles. The number of halogens is 2. The summed E-state index contributed by atoms with van der Waals surface area (Å²) < 4.78 is 23.1. The topological polar surface area (TPSA) is 74.2 Å². The highest BCUT2D eigenvalue weighted by Gasteiger charge is 2.04. The number of aliphatic hydroxyl groups is 1. The van der Waals surface area contributed by atoms with Gasteiger partial charge in [0.2, 0.25) is 0 Å². The van der Waals surface area contributed by atoms with Crippen LogP contribution in [0.2, 0.25) is 0 Å². The maximum atomic E-state index is 10.8. The minimum Gasteiger partial charge on any atom is -0.497 e. The van der Waals surface area contributed by atoms with Gasteiger partial charge in [0.1, 0.15) is 34.5 Å². The van der Waals surface area contributed by atoms with Crippen molar-refractivity contribution in [2.45, 2.75) is 14.0 Å². The first-order chi connectivity index (χ1) is 17.4. The molecule has 0 spiro atoms. The van der Waals surface area contributed by atoms with E-state index in [-0.39, 0.29) is 22.4 Å². The van der Waals surface area contributed by atoms with E-state index in [2.05, 4.69) is 31.9 Å². The molecule has 0 saturated carbocycles. The summed E-state index contributed by atoms with van der Waals surface area (Å²) in [4.78, 5) is 10.8. The maximum Gasteiger partial charge on any atom is 0.151 e. The lowest BCUT2D eigenvalue weighted by atomic mass is 10.2. The van der Waals surface area contributed by atoms with Gasteiger partial charge in [-0.05, 0) is 90.5 Å². The van der Waals surface area contributed by atoms with Gasteiger partial charge in [-0.15, -0.1) is 0 Å². The Morgan fingerprint density at radius 3 is 1.47 bits per heavy atom. The van der Waals surface area contributed by atoms with Crippen LogP contribution in [-0.4, -0.2) is 34.0 Å². The van der Waals surface area contributed by atoms with E-state index in [0.29, 0.717) is 22.8 Å². The zero-order chi connectivity index (χ0) is 25.9. The zero-order valence-corrected chi connectivity index (χ0v) is 23.4. The summed E-state index contributed by atoms with van der Waals surface area (Å²) in [6, 6.07) is 25.3. The summed E-state index contributed by atoms with van der Waals surface area (Å²) in [5.41, 5.74) is 1.35. The van der Waals surface area contributed by atoms with Crippen molar-refractivity contribution in [3.63, 3.8) is 0 Å². The number of hydrogen-bond donors (Lipinski definition) is 1. The SMILES string of the molecule is C.COc1ccc(Oc2ccc(Br)c(C=O)c2)cc1.COc1ccc(Oc2ccc(Br)c(CO)c2)cc1.[B]. The number of hydrogen-bond acceptors (Lipinski definition) is 6. The number of aldehydes is 1. The Kier molecular flexibility index (Phi) is 14.3. The van der Waals surface area contributed by atoms with Crippen LogP contribution in [0, 0.1) is 0 Å². The molecule has 4 aromatic rings. The number of ether oxygens (including phenoxy) is 4. The molecule has 38 heavy (non-hydrogen) atoms. The molecule has 3 radical (unpaired) electrons. The Bertz CT molecular complexity index is 1280. The highest BCUT2D eigenvalue weighted by Crippen LogP contribution is 2.28. The average molecular weight is 643 g/mol. The van der Waals surface area contributed by atoms with Crippen LogP contribution in [0.5, 0.6) is 34.5 Å². The van der Waals surface area contributed by atoms with E-state index >= 15 is 0 Å². The molecule has 0 fully saturated rings. The number of carbonyl (C=O) groups is 1. The van der Waals surface area contributed by atoms with Crippen molar-refractivity contribution in [1.82, 2.24) is 0 Å². The second-order valence-corrected chi connectivity index (χ2v) is 8.98. The van der Waals surface area contributed by atoms with E-state index in [4.69, 9.17) is 18.9 Å². The van der Waals surface area contributed by atoms with Crippen LogP contribution >= 0.6 is 31.9 Å². The molecule has 0 amide bonds. The minimum absolute atomic E-state index is 0. The predicted octanol–water partition coefficient (Wildman–Crippen LogP) is 8.06. The van der Waals surface area contributed by atoms with E-state index < -0.39 is 0 Å². The van der Waals surface area contributed by atoms with Crippen LogP contribution in [-0.2, 0) is 6.61 Å². The fraction of sp³-hybridized carbons (Fsp3) is 0.138. The molecule has 1 N–H and O–H groups in total. The standard InChI is InChI=1S/C14H13BrO3.C14H11BrO3.CH4.B/c2*1-17-11-2-4-12(5-3-11)18-13-6-7-14(15)10(8-13)9-16;;/h2-8,16H,9H2,1H3;2-9H,1H3;1H4;. The fourth-order valence-electron chi connectivity index (χ4n) is 2.97. The smallest absolute Gasteiger partial charge is 0.151 e. The van der Waals surface area contributed by atoms with Crippen molar-refractivity contribution in [1.29, 1.82) is 0 Å². The third-order valence-corrected chi connectivity index (χ3v) is 6.37. The Hall–Kier alpha value is -3.27. The molecule has 197 valence electrons. The van der Waals surface area contributed by atoms with Crippen LogP contribution in [0.3, 0.4) is 0 Å². The third kappa shape index (κ3) is 9.56. The largest absolute Gasteiger partial charge is 0.497 e. The summed E-state index contributed by atoms with van der Waals surface area (Å²) >= 11 is 6.65. The molecule has 0 heterocycles. The number of benzene rings is 4. The summed E-state index contributed by atoms with van der Waals surface area (Å²) in [7, 11) is 3.24. The van der Waals surface area contributed by atoms with Gasteiger partial charge >= 0.3 is 0 Å². The van der Waals surface area contributed by atoms with E-state index in [0.717, 1.165) is 38.0 Å². The molecule has 0 aromatic heterocycles. The van der Waals surface area contributed by atoms with Gasteiger partial charge in [0.15, 0.2) is 6.29 Å². The highest BCUT2D eigenvalue weighted by atomic mass is 79.9. The van der Waals surface area contributed by atoms with Gasteiger partial charge in [0.25, 0.3) is 0 Å². The van der Waals surface area contributed by atoms with Crippen molar-refractivity contribution < 1.29 is 28.8 Å². The normalized spacial score (nSPS) is 9.50. The van der Waals surface area contributed by atoms with Crippen molar-refractivity contribution in [3.05, 3.63) is 105 Å². The van der Waals surface area contributed by atoms with Crippen LogP contribution in [0.4, 0.5) is 0 Å². The Morgan fingerprint density at radius 1 is 0.658 bits per heavy atom. The Labute approximate surface area is 242 Å². The lowest BCUT2D eigenvalue weighted by Gasteiger charge is -2.08. The zero-order valence-electron chi connectivity index (χ0n) is 20.2. The van der Waals surface area contributed by atoms with Crippen LogP contribution in [0.15, 0.2) is 93.9 Å². The molecule has 4 rings (SSSR count). The number of methoxy groups -OCH3 is 2. The van der Waals surface area contributed by atoms with Crippen molar-refractivity contribution in [2.75, 3.05) is 14.2 Å². The van der Waals surface area contributed by atoms with E-state index in [1.54, 1.807) is 38.5 Å². The number of aliphatic hydroxyl groups excluding tert-OH is 1. The summed E-state index contributed by atoms with van der Waals surface area (Å²) in [5, 5.41) is 9.18.